The molecule has 0 aliphatic rings. The predicted molar refractivity (Wildman–Crippen MR) is 85.1 cm³/mol. The molecule has 0 unspecified atom stereocenters. The van der Waals surface area contributed by atoms with Crippen LogP contribution in [0.1, 0.15) is 17.2 Å². The van der Waals surface area contributed by atoms with Gasteiger partial charge in [0.05, 0.1) is 11.9 Å². The van der Waals surface area contributed by atoms with E-state index in [-0.39, 0.29) is 5.69 Å². The molecule has 23 heavy (non-hydrogen) atoms. The van der Waals surface area contributed by atoms with E-state index >= 15 is 0 Å². The Morgan fingerprint density at radius 1 is 1.17 bits per heavy atom. The number of nitrogens with zero attached hydrogens (tertiary/aromatic N) is 3. The summed E-state index contributed by atoms with van der Waals surface area (Å²) in [6, 6.07) is 6.91. The summed E-state index contributed by atoms with van der Waals surface area (Å²) >= 11 is 1.32. The van der Waals surface area contributed by atoms with Crippen LogP contribution in [-0.2, 0) is 0 Å². The van der Waals surface area contributed by atoms with Crippen LogP contribution in [0.4, 0.5) is 14.5 Å². The molecule has 0 fully saturated rings. The first-order valence-electron chi connectivity index (χ1n) is 6.80. The van der Waals surface area contributed by atoms with Gasteiger partial charge >= 0.3 is 0 Å². The Balaban J connectivity index is 2.01. The van der Waals surface area contributed by atoms with E-state index in [0.717, 1.165) is 17.5 Å². The summed E-state index contributed by atoms with van der Waals surface area (Å²) in [6.45, 7) is 3.71. The number of rotatable bonds is 3. The highest BCUT2D eigenvalue weighted by molar-refractivity contribution is 7.07. The second kappa shape index (κ2) is 6.29. The number of thiazole rings is 1. The van der Waals surface area contributed by atoms with Gasteiger partial charge in [0.1, 0.15) is 23.0 Å². The largest absolute Gasteiger partial charge is 0.460 e. The molecular formula is C16H13F2N3OS. The molecule has 0 saturated heterocycles. The van der Waals surface area contributed by atoms with E-state index in [4.69, 9.17) is 4.42 Å². The SMILES string of the molecule is Cc1ccc(C=Nn2c(C)csc2=Nc2ccc(F)cc2F)o1. The van der Waals surface area contributed by atoms with E-state index in [2.05, 4.69) is 10.1 Å². The number of furan rings is 1. The molecule has 0 N–H and O–H groups in total. The highest BCUT2D eigenvalue weighted by Gasteiger charge is 2.05. The lowest BCUT2D eigenvalue weighted by molar-refractivity contribution is 0.527. The van der Waals surface area contributed by atoms with E-state index in [1.165, 1.54) is 23.5 Å². The van der Waals surface area contributed by atoms with E-state index in [0.29, 0.717) is 10.6 Å². The van der Waals surface area contributed by atoms with Crippen LogP contribution < -0.4 is 4.80 Å². The van der Waals surface area contributed by atoms with Crippen LogP contribution in [0.15, 0.2) is 50.2 Å². The lowest BCUT2D eigenvalue weighted by Gasteiger charge is -1.98. The average molecular weight is 333 g/mol. The third-order valence-corrected chi connectivity index (χ3v) is 3.97. The first-order chi connectivity index (χ1) is 11.0. The molecule has 0 aliphatic carbocycles. The highest BCUT2D eigenvalue weighted by Crippen LogP contribution is 2.18. The quantitative estimate of drug-likeness (QED) is 0.664. The standard InChI is InChI=1S/C16H13F2N3OS/c1-10-9-23-16(20-15-6-4-12(17)7-14(15)18)21(10)19-8-13-5-3-11(2)22-13/h3-9H,1-2H3. The third-order valence-electron chi connectivity index (χ3n) is 3.04. The maximum atomic E-state index is 13.7. The first-order valence-corrected chi connectivity index (χ1v) is 7.68. The van der Waals surface area contributed by atoms with Gasteiger partial charge in [0.15, 0.2) is 5.82 Å². The maximum Gasteiger partial charge on any atom is 0.211 e. The first kappa shape index (κ1) is 15.4. The van der Waals surface area contributed by atoms with Crippen molar-refractivity contribution in [2.45, 2.75) is 13.8 Å². The summed E-state index contributed by atoms with van der Waals surface area (Å²) < 4.78 is 33.7. The Morgan fingerprint density at radius 2 is 2.00 bits per heavy atom. The second-order valence-electron chi connectivity index (χ2n) is 4.87. The number of halogens is 2. The minimum absolute atomic E-state index is 0.0612. The lowest BCUT2D eigenvalue weighted by atomic mass is 10.3. The van der Waals surface area contributed by atoms with Crippen LogP contribution in [0.2, 0.25) is 0 Å². The Labute approximate surface area is 135 Å². The Morgan fingerprint density at radius 3 is 2.70 bits per heavy atom. The van der Waals surface area contributed by atoms with Crippen LogP contribution in [0.5, 0.6) is 0 Å². The van der Waals surface area contributed by atoms with Crippen LogP contribution >= 0.6 is 11.3 Å². The number of aromatic nitrogens is 1. The van der Waals surface area contributed by atoms with Gasteiger partial charge in [-0.2, -0.15) is 5.10 Å². The third kappa shape index (κ3) is 3.45. The summed E-state index contributed by atoms with van der Waals surface area (Å²) in [5, 5.41) is 6.16. The number of hydrogen-bond donors (Lipinski definition) is 0. The molecule has 0 amide bonds. The topological polar surface area (TPSA) is 42.8 Å². The molecule has 1 aromatic carbocycles. The number of hydrogen-bond acceptors (Lipinski definition) is 4. The van der Waals surface area contributed by atoms with Crippen molar-refractivity contribution < 1.29 is 13.2 Å². The molecular weight excluding hydrogens is 320 g/mol. The molecule has 0 atom stereocenters. The minimum atomic E-state index is -0.715. The van der Waals surface area contributed by atoms with Crippen molar-refractivity contribution >= 4 is 23.2 Å². The van der Waals surface area contributed by atoms with Gasteiger partial charge < -0.3 is 4.42 Å². The fourth-order valence-corrected chi connectivity index (χ4v) is 2.73. The van der Waals surface area contributed by atoms with E-state index in [1.807, 2.05) is 25.3 Å². The second-order valence-corrected chi connectivity index (χ2v) is 5.71. The Bertz CT molecular complexity index is 937. The maximum absolute atomic E-state index is 13.7. The van der Waals surface area contributed by atoms with E-state index < -0.39 is 11.6 Å². The molecule has 0 radical (unpaired) electrons. The van der Waals surface area contributed by atoms with Crippen molar-refractivity contribution in [2.75, 3.05) is 0 Å². The highest BCUT2D eigenvalue weighted by atomic mass is 32.1. The van der Waals surface area contributed by atoms with Crippen LogP contribution in [0.3, 0.4) is 0 Å². The molecule has 0 saturated carbocycles. The predicted octanol–water partition coefficient (Wildman–Crippen LogP) is 4.15. The minimum Gasteiger partial charge on any atom is -0.460 e. The number of benzene rings is 1. The van der Waals surface area contributed by atoms with Crippen LogP contribution in [0, 0.1) is 25.5 Å². The monoisotopic (exact) mass is 333 g/mol. The van der Waals surface area contributed by atoms with Crippen molar-refractivity contribution in [1.29, 1.82) is 0 Å². The van der Waals surface area contributed by atoms with Gasteiger partial charge in [-0.3, -0.25) is 0 Å². The molecule has 3 rings (SSSR count). The molecule has 2 heterocycles. The average Bonchev–Trinajstić information content (AvgIpc) is 3.06. The van der Waals surface area contributed by atoms with Crippen molar-refractivity contribution in [3.63, 3.8) is 0 Å². The van der Waals surface area contributed by atoms with Crippen molar-refractivity contribution in [3.05, 3.63) is 69.4 Å². The summed E-state index contributed by atoms with van der Waals surface area (Å²) in [5.41, 5.74) is 0.904. The molecule has 2 aromatic heterocycles. The Kier molecular flexibility index (Phi) is 4.20. The smallest absolute Gasteiger partial charge is 0.211 e. The zero-order chi connectivity index (χ0) is 16.4. The molecule has 3 aromatic rings. The zero-order valence-corrected chi connectivity index (χ0v) is 13.3. The van der Waals surface area contributed by atoms with Crippen molar-refractivity contribution in [3.8, 4) is 0 Å². The normalized spacial score (nSPS) is 12.4. The van der Waals surface area contributed by atoms with E-state index in [1.54, 1.807) is 17.0 Å². The molecule has 0 bridgehead atoms. The van der Waals surface area contributed by atoms with Gasteiger partial charge in [-0.05, 0) is 38.1 Å². The molecule has 4 nitrogen and oxygen atoms in total. The zero-order valence-electron chi connectivity index (χ0n) is 12.5. The van der Waals surface area contributed by atoms with Crippen molar-refractivity contribution in [2.24, 2.45) is 10.1 Å². The number of aryl methyl sites for hydroxylation is 2. The summed E-state index contributed by atoms with van der Waals surface area (Å²) in [5.74, 6) is 0.0486. The van der Waals surface area contributed by atoms with Gasteiger partial charge in [0.25, 0.3) is 0 Å². The van der Waals surface area contributed by atoms with Gasteiger partial charge in [0.2, 0.25) is 4.80 Å². The van der Waals surface area contributed by atoms with Gasteiger partial charge in [-0.1, -0.05) is 0 Å². The van der Waals surface area contributed by atoms with Gasteiger partial charge in [-0.25, -0.2) is 18.4 Å². The van der Waals surface area contributed by atoms with Crippen LogP contribution in [-0.4, -0.2) is 10.9 Å². The van der Waals surface area contributed by atoms with Gasteiger partial charge in [-0.15, -0.1) is 11.3 Å². The Hall–Kier alpha value is -2.54. The van der Waals surface area contributed by atoms with Crippen molar-refractivity contribution in [1.82, 2.24) is 4.68 Å². The summed E-state index contributed by atoms with van der Waals surface area (Å²) in [4.78, 5) is 4.69. The molecule has 0 spiro atoms. The molecule has 118 valence electrons. The van der Waals surface area contributed by atoms with E-state index in [9.17, 15) is 8.78 Å². The van der Waals surface area contributed by atoms with Crippen LogP contribution in [0.25, 0.3) is 0 Å². The fraction of sp³-hybridized carbons (Fsp3) is 0.125. The lowest BCUT2D eigenvalue weighted by Crippen LogP contribution is -2.11. The molecule has 0 aliphatic heterocycles. The van der Waals surface area contributed by atoms with Gasteiger partial charge in [0, 0.05) is 11.4 Å². The fourth-order valence-electron chi connectivity index (χ4n) is 1.92. The molecule has 7 heteroatoms. The summed E-state index contributed by atoms with van der Waals surface area (Å²) in [6.07, 6.45) is 1.56. The summed E-state index contributed by atoms with van der Waals surface area (Å²) in [7, 11) is 0.